The smallest absolute Gasteiger partial charge is 0.385 e. The van der Waals surface area contributed by atoms with Crippen LogP contribution in [0.5, 0.6) is 0 Å². The Balaban J connectivity index is 3.02. The minimum atomic E-state index is -4.46. The zero-order chi connectivity index (χ0) is 16.0. The van der Waals surface area contributed by atoms with Crippen LogP contribution in [0.15, 0.2) is 18.2 Å². The summed E-state index contributed by atoms with van der Waals surface area (Å²) in [4.78, 5) is 12.1. The molecule has 0 saturated heterocycles. The number of amides is 1. The molecule has 118 valence electrons. The first-order chi connectivity index (χ1) is 9.79. The van der Waals surface area contributed by atoms with Gasteiger partial charge in [0.25, 0.3) is 5.91 Å². The molecule has 0 aromatic heterocycles. The Morgan fingerprint density at radius 3 is 2.48 bits per heavy atom. The van der Waals surface area contributed by atoms with Crippen LogP contribution in [0.3, 0.4) is 0 Å². The van der Waals surface area contributed by atoms with E-state index in [4.69, 9.17) is 0 Å². The number of alkyl halides is 3. The van der Waals surface area contributed by atoms with Crippen molar-refractivity contribution >= 4 is 11.6 Å². The van der Waals surface area contributed by atoms with E-state index in [9.17, 15) is 18.0 Å². The molecule has 0 heterocycles. The summed E-state index contributed by atoms with van der Waals surface area (Å²) in [6.07, 6.45) is -3.57. The highest BCUT2D eigenvalue weighted by molar-refractivity contribution is 5.99. The molecule has 3 nitrogen and oxygen atoms in total. The van der Waals surface area contributed by atoms with Crippen LogP contribution < -0.4 is 10.6 Å². The first-order valence-electron chi connectivity index (χ1n) is 7.02. The first-order valence-corrected chi connectivity index (χ1v) is 7.02. The van der Waals surface area contributed by atoms with Crippen LogP contribution in [-0.4, -0.2) is 19.0 Å². The van der Waals surface area contributed by atoms with Gasteiger partial charge in [-0.05, 0) is 31.0 Å². The normalized spacial score (nSPS) is 12.9. The topological polar surface area (TPSA) is 41.1 Å². The fourth-order valence-corrected chi connectivity index (χ4v) is 1.76. The molecule has 1 aromatic rings. The summed E-state index contributed by atoms with van der Waals surface area (Å²) in [5.41, 5.74) is -0.389. The van der Waals surface area contributed by atoms with E-state index in [1.807, 2.05) is 20.8 Å². The summed E-state index contributed by atoms with van der Waals surface area (Å²) < 4.78 is 38.3. The van der Waals surface area contributed by atoms with Gasteiger partial charge in [-0.15, -0.1) is 0 Å². The van der Waals surface area contributed by atoms with Crippen LogP contribution in [0, 0.1) is 5.92 Å². The van der Waals surface area contributed by atoms with Crippen molar-refractivity contribution in [1.29, 1.82) is 0 Å². The average molecular weight is 302 g/mol. The van der Waals surface area contributed by atoms with Crippen molar-refractivity contribution in [2.75, 3.05) is 18.4 Å². The molecule has 1 aromatic carbocycles. The molecule has 0 radical (unpaired) electrons. The van der Waals surface area contributed by atoms with E-state index >= 15 is 0 Å². The van der Waals surface area contributed by atoms with Crippen molar-refractivity contribution in [3.8, 4) is 0 Å². The lowest BCUT2D eigenvalue weighted by Crippen LogP contribution is -2.29. The Bertz CT molecular complexity index is 486. The van der Waals surface area contributed by atoms with E-state index in [1.54, 1.807) is 0 Å². The van der Waals surface area contributed by atoms with Crippen molar-refractivity contribution in [1.82, 2.24) is 5.32 Å². The van der Waals surface area contributed by atoms with Crippen LogP contribution in [0.4, 0.5) is 18.9 Å². The number of anilines is 1. The molecule has 1 unspecified atom stereocenters. The largest absolute Gasteiger partial charge is 0.416 e. The third-order valence-corrected chi connectivity index (χ3v) is 3.27. The molecule has 2 N–H and O–H groups in total. The quantitative estimate of drug-likeness (QED) is 0.836. The van der Waals surface area contributed by atoms with Gasteiger partial charge in [-0.3, -0.25) is 4.79 Å². The average Bonchev–Trinajstić information content (AvgIpc) is 2.43. The minimum absolute atomic E-state index is 0.0231. The van der Waals surface area contributed by atoms with E-state index in [1.165, 1.54) is 6.07 Å². The van der Waals surface area contributed by atoms with Crippen molar-refractivity contribution in [3.63, 3.8) is 0 Å². The third-order valence-electron chi connectivity index (χ3n) is 3.27. The van der Waals surface area contributed by atoms with Gasteiger partial charge in [-0.25, -0.2) is 0 Å². The van der Waals surface area contributed by atoms with Gasteiger partial charge in [0.05, 0.1) is 11.1 Å². The molecule has 0 aliphatic carbocycles. The zero-order valence-corrected chi connectivity index (χ0v) is 12.5. The summed E-state index contributed by atoms with van der Waals surface area (Å²) in [6.45, 7) is 6.75. The monoisotopic (exact) mass is 302 g/mol. The Kier molecular flexibility index (Phi) is 6.05. The van der Waals surface area contributed by atoms with E-state index in [-0.39, 0.29) is 11.5 Å². The highest BCUT2D eigenvalue weighted by atomic mass is 19.4. The van der Waals surface area contributed by atoms with E-state index in [2.05, 4.69) is 10.6 Å². The third kappa shape index (κ3) is 4.95. The zero-order valence-electron chi connectivity index (χ0n) is 12.5. The predicted octanol–water partition coefficient (Wildman–Crippen LogP) is 3.91. The Hall–Kier alpha value is -1.72. The number of carbonyl (C=O) groups excluding carboxylic acids is 1. The highest BCUT2D eigenvalue weighted by Crippen LogP contribution is 2.31. The lowest BCUT2D eigenvalue weighted by molar-refractivity contribution is -0.137. The fourth-order valence-electron chi connectivity index (χ4n) is 1.76. The molecule has 1 atom stereocenters. The number of benzene rings is 1. The molecular formula is C15H21F3N2O. The minimum Gasteiger partial charge on any atom is -0.385 e. The Morgan fingerprint density at radius 1 is 1.29 bits per heavy atom. The van der Waals surface area contributed by atoms with Crippen LogP contribution in [0.25, 0.3) is 0 Å². The summed E-state index contributed by atoms with van der Waals surface area (Å²) in [6, 6.07) is 3.16. The Morgan fingerprint density at radius 2 is 1.95 bits per heavy atom. The number of hydrogen-bond acceptors (Lipinski definition) is 2. The number of halogens is 3. The summed E-state index contributed by atoms with van der Waals surface area (Å²) >= 11 is 0. The molecular weight excluding hydrogens is 281 g/mol. The molecule has 21 heavy (non-hydrogen) atoms. The number of nitrogens with one attached hydrogen (secondary N) is 2. The van der Waals surface area contributed by atoms with E-state index in [0.717, 1.165) is 18.6 Å². The standard InChI is InChI=1S/C15H21F3N2O/c1-4-10(3)9-20-14(21)12-8-11(15(16,17)18)6-7-13(12)19-5-2/h6-8,10,19H,4-5,9H2,1-3H3,(H,20,21). The fraction of sp³-hybridized carbons (Fsp3) is 0.533. The summed E-state index contributed by atoms with van der Waals surface area (Å²) in [7, 11) is 0. The van der Waals surface area contributed by atoms with Crippen LogP contribution in [0.1, 0.15) is 43.1 Å². The summed E-state index contributed by atoms with van der Waals surface area (Å²) in [5.74, 6) is -0.209. The van der Waals surface area contributed by atoms with Gasteiger partial charge in [0.2, 0.25) is 0 Å². The number of rotatable bonds is 6. The van der Waals surface area contributed by atoms with Crippen LogP contribution in [0.2, 0.25) is 0 Å². The number of hydrogen-bond donors (Lipinski definition) is 2. The van der Waals surface area contributed by atoms with E-state index in [0.29, 0.717) is 18.8 Å². The number of carbonyl (C=O) groups is 1. The van der Waals surface area contributed by atoms with Gasteiger partial charge in [0.15, 0.2) is 0 Å². The first kappa shape index (κ1) is 17.3. The maximum absolute atomic E-state index is 12.8. The Labute approximate surface area is 122 Å². The van der Waals surface area contributed by atoms with Gasteiger partial charge < -0.3 is 10.6 Å². The molecule has 6 heteroatoms. The van der Waals surface area contributed by atoms with Crippen molar-refractivity contribution < 1.29 is 18.0 Å². The van der Waals surface area contributed by atoms with Gasteiger partial charge >= 0.3 is 6.18 Å². The molecule has 0 bridgehead atoms. The second kappa shape index (κ2) is 7.33. The van der Waals surface area contributed by atoms with Crippen LogP contribution in [-0.2, 0) is 6.18 Å². The van der Waals surface area contributed by atoms with Gasteiger partial charge in [-0.1, -0.05) is 20.3 Å². The van der Waals surface area contributed by atoms with Crippen LogP contribution >= 0.6 is 0 Å². The second-order valence-corrected chi connectivity index (χ2v) is 5.01. The molecule has 0 aliphatic rings. The van der Waals surface area contributed by atoms with Crippen molar-refractivity contribution in [3.05, 3.63) is 29.3 Å². The van der Waals surface area contributed by atoms with Crippen molar-refractivity contribution in [2.45, 2.75) is 33.4 Å². The lowest BCUT2D eigenvalue weighted by atomic mass is 10.1. The van der Waals surface area contributed by atoms with Gasteiger partial charge in [-0.2, -0.15) is 13.2 Å². The maximum Gasteiger partial charge on any atom is 0.416 e. The predicted molar refractivity (Wildman–Crippen MR) is 77.4 cm³/mol. The molecule has 1 amide bonds. The molecule has 0 saturated carbocycles. The molecule has 0 spiro atoms. The van der Waals surface area contributed by atoms with Gasteiger partial charge in [0, 0.05) is 18.8 Å². The maximum atomic E-state index is 12.8. The summed E-state index contributed by atoms with van der Waals surface area (Å²) in [5, 5.41) is 5.59. The lowest BCUT2D eigenvalue weighted by Gasteiger charge is -2.15. The van der Waals surface area contributed by atoms with Crippen molar-refractivity contribution in [2.24, 2.45) is 5.92 Å². The SMILES string of the molecule is CCNc1ccc(C(F)(F)F)cc1C(=O)NCC(C)CC. The molecule has 0 aliphatic heterocycles. The van der Waals surface area contributed by atoms with E-state index < -0.39 is 17.6 Å². The highest BCUT2D eigenvalue weighted by Gasteiger charge is 2.31. The molecule has 0 fully saturated rings. The van der Waals surface area contributed by atoms with Gasteiger partial charge in [0.1, 0.15) is 0 Å². The molecule has 1 rings (SSSR count). The second-order valence-electron chi connectivity index (χ2n) is 5.01.